The van der Waals surface area contributed by atoms with Crippen molar-refractivity contribution in [2.24, 2.45) is 0 Å². The standard InChI is InChI=1S/C17H15ClF2N6O2/c18-14-13(20)16(22-10-2-1-5-25(8-10)17(27)28)24-15(23-14)11-6-21-12-4-3-9(19)7-26(11)12/h3-4,6-7,10H,1-2,5,8H2,(H,27,28)(H,22,23,24). The quantitative estimate of drug-likeness (QED) is 0.646. The molecule has 4 rings (SSSR count). The summed E-state index contributed by atoms with van der Waals surface area (Å²) in [6, 6.07) is 2.44. The molecule has 0 aliphatic carbocycles. The number of halogens is 3. The molecule has 3 aromatic heterocycles. The summed E-state index contributed by atoms with van der Waals surface area (Å²) in [7, 11) is 0. The van der Waals surface area contributed by atoms with Gasteiger partial charge in [0.2, 0.25) is 5.82 Å². The van der Waals surface area contributed by atoms with E-state index in [-0.39, 0.29) is 24.2 Å². The van der Waals surface area contributed by atoms with Crippen molar-refractivity contribution in [3.8, 4) is 11.5 Å². The topological polar surface area (TPSA) is 95.7 Å². The predicted molar refractivity (Wildman–Crippen MR) is 97.4 cm³/mol. The second-order valence-corrected chi connectivity index (χ2v) is 6.79. The summed E-state index contributed by atoms with van der Waals surface area (Å²) in [4.78, 5) is 24.7. The highest BCUT2D eigenvalue weighted by molar-refractivity contribution is 6.29. The highest BCUT2D eigenvalue weighted by Crippen LogP contribution is 2.26. The number of piperidine rings is 1. The van der Waals surface area contributed by atoms with Crippen LogP contribution >= 0.6 is 11.6 Å². The van der Waals surface area contributed by atoms with Crippen LogP contribution in [0.3, 0.4) is 0 Å². The van der Waals surface area contributed by atoms with Gasteiger partial charge in [-0.2, -0.15) is 4.39 Å². The Kier molecular flexibility index (Phi) is 4.71. The van der Waals surface area contributed by atoms with E-state index in [1.54, 1.807) is 0 Å². The third-order valence-electron chi connectivity index (χ3n) is 4.54. The van der Waals surface area contributed by atoms with Crippen LogP contribution in [-0.2, 0) is 0 Å². The molecule has 1 saturated heterocycles. The predicted octanol–water partition coefficient (Wildman–Crippen LogP) is 3.28. The number of anilines is 1. The monoisotopic (exact) mass is 408 g/mol. The van der Waals surface area contributed by atoms with E-state index in [4.69, 9.17) is 16.7 Å². The maximum atomic E-state index is 14.5. The Bertz CT molecular complexity index is 1060. The number of nitrogens with one attached hydrogen (secondary N) is 1. The van der Waals surface area contributed by atoms with Gasteiger partial charge >= 0.3 is 6.09 Å². The molecule has 1 fully saturated rings. The number of amides is 1. The Morgan fingerprint density at radius 2 is 2.14 bits per heavy atom. The zero-order valence-corrected chi connectivity index (χ0v) is 15.2. The summed E-state index contributed by atoms with van der Waals surface area (Å²) in [6.45, 7) is 0.631. The van der Waals surface area contributed by atoms with Crippen LogP contribution in [0.1, 0.15) is 12.8 Å². The molecule has 3 aromatic rings. The number of hydrogen-bond acceptors (Lipinski definition) is 5. The van der Waals surface area contributed by atoms with Crippen molar-refractivity contribution in [3.05, 3.63) is 41.3 Å². The number of likely N-dealkylation sites (tertiary alicyclic amines) is 1. The lowest BCUT2D eigenvalue weighted by atomic mass is 10.1. The van der Waals surface area contributed by atoms with Gasteiger partial charge in [0.25, 0.3) is 0 Å². The smallest absolute Gasteiger partial charge is 0.407 e. The molecular formula is C17H15ClF2N6O2. The van der Waals surface area contributed by atoms with Crippen molar-refractivity contribution in [2.45, 2.75) is 18.9 Å². The van der Waals surface area contributed by atoms with Gasteiger partial charge in [-0.15, -0.1) is 0 Å². The second-order valence-electron chi connectivity index (χ2n) is 6.43. The van der Waals surface area contributed by atoms with Gasteiger partial charge in [-0.25, -0.2) is 24.1 Å². The van der Waals surface area contributed by atoms with Crippen molar-refractivity contribution >= 4 is 29.2 Å². The molecule has 0 aromatic carbocycles. The number of imidazole rings is 1. The van der Waals surface area contributed by atoms with Crippen molar-refractivity contribution in [1.29, 1.82) is 0 Å². The van der Waals surface area contributed by atoms with E-state index >= 15 is 0 Å². The normalized spacial score (nSPS) is 17.1. The molecule has 1 unspecified atom stereocenters. The molecule has 1 aliphatic rings. The first kappa shape index (κ1) is 18.4. The summed E-state index contributed by atoms with van der Waals surface area (Å²) in [5.41, 5.74) is 0.814. The van der Waals surface area contributed by atoms with Gasteiger partial charge in [0, 0.05) is 25.3 Å². The molecular weight excluding hydrogens is 394 g/mol. The molecule has 11 heteroatoms. The molecule has 1 amide bonds. The first-order valence-corrected chi connectivity index (χ1v) is 8.90. The minimum atomic E-state index is -1.03. The number of hydrogen-bond donors (Lipinski definition) is 2. The van der Waals surface area contributed by atoms with Crippen LogP contribution in [0.4, 0.5) is 19.4 Å². The van der Waals surface area contributed by atoms with Crippen molar-refractivity contribution in [2.75, 3.05) is 18.4 Å². The summed E-state index contributed by atoms with van der Waals surface area (Å²) in [5.74, 6) is -1.39. The SMILES string of the molecule is O=C(O)N1CCCC(Nc2nc(-c3cnc4ccc(F)cn34)nc(Cl)c2F)C1. The first-order chi connectivity index (χ1) is 13.4. The fourth-order valence-electron chi connectivity index (χ4n) is 3.21. The van der Waals surface area contributed by atoms with Crippen molar-refractivity contribution in [3.63, 3.8) is 0 Å². The average Bonchev–Trinajstić information content (AvgIpc) is 3.08. The van der Waals surface area contributed by atoms with Crippen LogP contribution in [0.25, 0.3) is 17.2 Å². The highest BCUT2D eigenvalue weighted by Gasteiger charge is 2.25. The summed E-state index contributed by atoms with van der Waals surface area (Å²) in [6.07, 6.45) is 2.93. The molecule has 0 radical (unpaired) electrons. The van der Waals surface area contributed by atoms with Crippen LogP contribution in [0.15, 0.2) is 24.5 Å². The Hall–Kier alpha value is -3.01. The third kappa shape index (κ3) is 3.42. The van der Waals surface area contributed by atoms with Crippen molar-refractivity contribution < 1.29 is 18.7 Å². The number of aromatic nitrogens is 4. The maximum absolute atomic E-state index is 14.5. The third-order valence-corrected chi connectivity index (χ3v) is 4.79. The Morgan fingerprint density at radius 3 is 2.93 bits per heavy atom. The molecule has 1 atom stereocenters. The molecule has 1 aliphatic heterocycles. The van der Waals surface area contributed by atoms with Crippen LogP contribution in [0, 0.1) is 11.6 Å². The van der Waals surface area contributed by atoms with Gasteiger partial charge in [-0.05, 0) is 25.0 Å². The van der Waals surface area contributed by atoms with Gasteiger partial charge < -0.3 is 15.3 Å². The molecule has 28 heavy (non-hydrogen) atoms. The average molecular weight is 409 g/mol. The molecule has 146 valence electrons. The zero-order valence-electron chi connectivity index (χ0n) is 14.4. The highest BCUT2D eigenvalue weighted by atomic mass is 35.5. The molecule has 0 saturated carbocycles. The molecule has 0 bridgehead atoms. The van der Waals surface area contributed by atoms with Crippen molar-refractivity contribution in [1.82, 2.24) is 24.3 Å². The Labute approximate surface area is 162 Å². The maximum Gasteiger partial charge on any atom is 0.407 e. The number of fused-ring (bicyclic) bond motifs is 1. The Balaban J connectivity index is 1.68. The molecule has 4 heterocycles. The minimum absolute atomic E-state index is 0.0675. The van der Waals surface area contributed by atoms with Crippen LogP contribution in [0.5, 0.6) is 0 Å². The summed E-state index contributed by atoms with van der Waals surface area (Å²) < 4.78 is 29.5. The van der Waals surface area contributed by atoms with Gasteiger partial charge in [-0.3, -0.25) is 4.40 Å². The van der Waals surface area contributed by atoms with Gasteiger partial charge in [0.15, 0.2) is 16.8 Å². The molecule has 8 nitrogen and oxygen atoms in total. The fourth-order valence-corrected chi connectivity index (χ4v) is 3.38. The molecule has 0 spiro atoms. The van der Waals surface area contributed by atoms with E-state index in [2.05, 4.69) is 20.3 Å². The van der Waals surface area contributed by atoms with Crippen LogP contribution in [-0.4, -0.2) is 54.6 Å². The number of carbonyl (C=O) groups is 1. The second kappa shape index (κ2) is 7.19. The lowest BCUT2D eigenvalue weighted by Crippen LogP contribution is -2.44. The van der Waals surface area contributed by atoms with Crippen LogP contribution in [0.2, 0.25) is 5.15 Å². The number of rotatable bonds is 3. The van der Waals surface area contributed by atoms with E-state index in [9.17, 15) is 13.6 Å². The van der Waals surface area contributed by atoms with E-state index in [0.717, 1.165) is 0 Å². The lowest BCUT2D eigenvalue weighted by molar-refractivity contribution is 0.132. The largest absolute Gasteiger partial charge is 0.465 e. The lowest BCUT2D eigenvalue weighted by Gasteiger charge is -2.31. The summed E-state index contributed by atoms with van der Waals surface area (Å²) >= 11 is 5.94. The van der Waals surface area contributed by atoms with E-state index < -0.39 is 22.9 Å². The van der Waals surface area contributed by atoms with Gasteiger partial charge in [0.1, 0.15) is 17.2 Å². The van der Waals surface area contributed by atoms with E-state index in [0.29, 0.717) is 30.7 Å². The summed E-state index contributed by atoms with van der Waals surface area (Å²) in [5, 5.41) is 11.7. The van der Waals surface area contributed by atoms with Gasteiger partial charge in [0.05, 0.1) is 6.20 Å². The fraction of sp³-hybridized carbons (Fsp3) is 0.294. The number of pyridine rings is 1. The molecule has 2 N–H and O–H groups in total. The van der Waals surface area contributed by atoms with Gasteiger partial charge in [-0.1, -0.05) is 11.6 Å². The van der Waals surface area contributed by atoms with E-state index in [1.807, 2.05) is 0 Å². The zero-order chi connectivity index (χ0) is 19.8. The number of carboxylic acid groups (broad SMARTS) is 1. The van der Waals surface area contributed by atoms with Crippen LogP contribution < -0.4 is 5.32 Å². The Morgan fingerprint density at radius 1 is 1.32 bits per heavy atom. The van der Waals surface area contributed by atoms with E-state index in [1.165, 1.54) is 33.8 Å². The number of nitrogens with zero attached hydrogens (tertiary/aromatic N) is 5. The first-order valence-electron chi connectivity index (χ1n) is 8.53. The minimum Gasteiger partial charge on any atom is -0.465 e.